The predicted molar refractivity (Wildman–Crippen MR) is 71.7 cm³/mol. The van der Waals surface area contributed by atoms with E-state index in [9.17, 15) is 0 Å². The highest BCUT2D eigenvalue weighted by atomic mass is 35.5. The van der Waals surface area contributed by atoms with Crippen LogP contribution in [-0.2, 0) is 6.42 Å². The van der Waals surface area contributed by atoms with Crippen LogP contribution in [0.2, 0.25) is 5.02 Å². The third-order valence-corrected chi connectivity index (χ3v) is 3.25. The molecule has 1 saturated carbocycles. The van der Waals surface area contributed by atoms with E-state index in [0.717, 1.165) is 36.2 Å². The molecule has 0 saturated heterocycles. The number of halogens is 1. The molecule has 1 heterocycles. The number of aromatic nitrogens is 1. The zero-order valence-corrected chi connectivity index (χ0v) is 10.8. The van der Waals surface area contributed by atoms with Crippen LogP contribution in [0.5, 0.6) is 0 Å². The maximum atomic E-state index is 5.95. The van der Waals surface area contributed by atoms with Crippen LogP contribution in [0.15, 0.2) is 34.9 Å². The molecule has 1 aromatic heterocycles. The Morgan fingerprint density at radius 3 is 3.06 bits per heavy atom. The first-order valence-corrected chi connectivity index (χ1v) is 6.63. The summed E-state index contributed by atoms with van der Waals surface area (Å²) in [6, 6.07) is 8.34. The normalized spacial score (nSPS) is 14.9. The van der Waals surface area contributed by atoms with Gasteiger partial charge in [0.2, 0.25) is 0 Å². The number of hydrogen-bond acceptors (Lipinski definition) is 3. The number of benzene rings is 1. The Morgan fingerprint density at radius 1 is 1.39 bits per heavy atom. The highest BCUT2D eigenvalue weighted by Gasteiger charge is 2.20. The maximum absolute atomic E-state index is 5.95. The number of nitrogens with one attached hydrogen (secondary N) is 1. The molecule has 1 N–H and O–H groups in total. The summed E-state index contributed by atoms with van der Waals surface area (Å²) in [6.07, 6.45) is 5.20. The standard InChI is InChI=1S/C14H15ClN2O/c15-11-3-1-2-10(8-11)13-9-17-14(18-13)6-7-16-12-4-5-12/h1-3,8-9,12,16H,4-7H2. The molecule has 0 unspecified atom stereocenters. The first kappa shape index (κ1) is 11.8. The van der Waals surface area contributed by atoms with Gasteiger partial charge in [0.05, 0.1) is 6.20 Å². The number of nitrogens with zero attached hydrogens (tertiary/aromatic N) is 1. The fraction of sp³-hybridized carbons (Fsp3) is 0.357. The summed E-state index contributed by atoms with van der Waals surface area (Å²) in [5.41, 5.74) is 0.969. The Hall–Kier alpha value is -1.32. The maximum Gasteiger partial charge on any atom is 0.196 e. The number of hydrogen-bond donors (Lipinski definition) is 1. The van der Waals surface area contributed by atoms with Gasteiger partial charge in [-0.3, -0.25) is 0 Å². The summed E-state index contributed by atoms with van der Waals surface area (Å²) in [5, 5.41) is 4.15. The SMILES string of the molecule is Clc1cccc(-c2cnc(CCNC3CC3)o2)c1. The fourth-order valence-corrected chi connectivity index (χ4v) is 2.06. The van der Waals surface area contributed by atoms with E-state index < -0.39 is 0 Å². The molecule has 0 atom stereocenters. The average molecular weight is 263 g/mol. The highest BCUT2D eigenvalue weighted by molar-refractivity contribution is 6.30. The van der Waals surface area contributed by atoms with E-state index >= 15 is 0 Å². The minimum atomic E-state index is 0.709. The molecule has 1 fully saturated rings. The lowest BCUT2D eigenvalue weighted by molar-refractivity contribution is 0.494. The van der Waals surface area contributed by atoms with Crippen LogP contribution >= 0.6 is 11.6 Å². The number of oxazole rings is 1. The Morgan fingerprint density at radius 2 is 2.28 bits per heavy atom. The van der Waals surface area contributed by atoms with Gasteiger partial charge >= 0.3 is 0 Å². The molecule has 0 aliphatic heterocycles. The van der Waals surface area contributed by atoms with Crippen LogP contribution in [0.3, 0.4) is 0 Å². The summed E-state index contributed by atoms with van der Waals surface area (Å²) in [4.78, 5) is 4.29. The van der Waals surface area contributed by atoms with Crippen LogP contribution in [-0.4, -0.2) is 17.6 Å². The largest absolute Gasteiger partial charge is 0.441 e. The Labute approximate surface area is 111 Å². The molecule has 4 heteroatoms. The van der Waals surface area contributed by atoms with Gasteiger partial charge < -0.3 is 9.73 Å². The summed E-state index contributed by atoms with van der Waals surface area (Å²) in [6.45, 7) is 0.931. The van der Waals surface area contributed by atoms with Gasteiger partial charge in [-0.05, 0) is 25.0 Å². The van der Waals surface area contributed by atoms with E-state index in [1.807, 2.05) is 24.3 Å². The molecule has 1 aromatic carbocycles. The second-order valence-corrected chi connectivity index (χ2v) is 5.04. The zero-order chi connectivity index (χ0) is 12.4. The van der Waals surface area contributed by atoms with Crippen molar-refractivity contribution in [3.8, 4) is 11.3 Å². The lowest BCUT2D eigenvalue weighted by atomic mass is 10.2. The van der Waals surface area contributed by atoms with Crippen molar-refractivity contribution in [3.05, 3.63) is 41.4 Å². The Bertz CT molecular complexity index is 534. The lowest BCUT2D eigenvalue weighted by Gasteiger charge is -1.99. The topological polar surface area (TPSA) is 38.1 Å². The Balaban J connectivity index is 1.64. The molecule has 2 aromatic rings. The van der Waals surface area contributed by atoms with Gasteiger partial charge in [0.25, 0.3) is 0 Å². The third kappa shape index (κ3) is 2.92. The smallest absolute Gasteiger partial charge is 0.196 e. The molecule has 0 radical (unpaired) electrons. The summed E-state index contributed by atoms with van der Waals surface area (Å²) in [7, 11) is 0. The van der Waals surface area contributed by atoms with E-state index in [1.54, 1.807) is 6.20 Å². The van der Waals surface area contributed by atoms with E-state index in [-0.39, 0.29) is 0 Å². The van der Waals surface area contributed by atoms with Crippen molar-refractivity contribution in [1.82, 2.24) is 10.3 Å². The van der Waals surface area contributed by atoms with Crippen molar-refractivity contribution in [1.29, 1.82) is 0 Å². The molecule has 3 nitrogen and oxygen atoms in total. The molecule has 94 valence electrons. The monoisotopic (exact) mass is 262 g/mol. The van der Waals surface area contributed by atoms with Gasteiger partial charge in [0.15, 0.2) is 11.7 Å². The Kier molecular flexibility index (Phi) is 3.35. The van der Waals surface area contributed by atoms with Gasteiger partial charge in [0.1, 0.15) is 0 Å². The molecular formula is C14H15ClN2O. The van der Waals surface area contributed by atoms with Crippen molar-refractivity contribution in [3.63, 3.8) is 0 Å². The molecule has 0 amide bonds. The second kappa shape index (κ2) is 5.12. The fourth-order valence-electron chi connectivity index (χ4n) is 1.87. The van der Waals surface area contributed by atoms with Crippen LogP contribution in [0.4, 0.5) is 0 Å². The quantitative estimate of drug-likeness (QED) is 0.899. The average Bonchev–Trinajstić information content (AvgIpc) is 3.06. The summed E-state index contributed by atoms with van der Waals surface area (Å²) < 4.78 is 5.72. The molecular weight excluding hydrogens is 248 g/mol. The van der Waals surface area contributed by atoms with E-state index in [1.165, 1.54) is 12.8 Å². The molecule has 0 spiro atoms. The first-order valence-electron chi connectivity index (χ1n) is 6.25. The lowest BCUT2D eigenvalue weighted by Crippen LogP contribution is -2.19. The first-order chi connectivity index (χ1) is 8.81. The van der Waals surface area contributed by atoms with E-state index in [2.05, 4.69) is 10.3 Å². The van der Waals surface area contributed by atoms with Crippen LogP contribution in [0.1, 0.15) is 18.7 Å². The minimum Gasteiger partial charge on any atom is -0.441 e. The summed E-state index contributed by atoms with van der Waals surface area (Å²) in [5.74, 6) is 1.55. The zero-order valence-electron chi connectivity index (χ0n) is 10.0. The van der Waals surface area contributed by atoms with Crippen molar-refractivity contribution in [2.24, 2.45) is 0 Å². The van der Waals surface area contributed by atoms with Gasteiger partial charge in [-0.25, -0.2) is 4.98 Å². The van der Waals surface area contributed by atoms with Crippen molar-refractivity contribution in [2.45, 2.75) is 25.3 Å². The highest BCUT2D eigenvalue weighted by Crippen LogP contribution is 2.23. The van der Waals surface area contributed by atoms with Gasteiger partial charge in [-0.2, -0.15) is 0 Å². The second-order valence-electron chi connectivity index (χ2n) is 4.61. The molecule has 1 aliphatic carbocycles. The van der Waals surface area contributed by atoms with Crippen LogP contribution < -0.4 is 5.32 Å². The van der Waals surface area contributed by atoms with E-state index in [0.29, 0.717) is 5.02 Å². The van der Waals surface area contributed by atoms with Crippen molar-refractivity contribution >= 4 is 11.6 Å². The predicted octanol–water partition coefficient (Wildman–Crippen LogP) is 3.29. The molecule has 0 bridgehead atoms. The van der Waals surface area contributed by atoms with Crippen molar-refractivity contribution in [2.75, 3.05) is 6.54 Å². The third-order valence-electron chi connectivity index (χ3n) is 3.01. The summed E-state index contributed by atoms with van der Waals surface area (Å²) >= 11 is 5.95. The number of rotatable bonds is 5. The molecule has 3 rings (SSSR count). The van der Waals surface area contributed by atoms with Gasteiger partial charge in [0, 0.05) is 29.6 Å². The van der Waals surface area contributed by atoms with E-state index in [4.69, 9.17) is 16.0 Å². The molecule has 18 heavy (non-hydrogen) atoms. The minimum absolute atomic E-state index is 0.709. The molecule has 1 aliphatic rings. The van der Waals surface area contributed by atoms with Crippen molar-refractivity contribution < 1.29 is 4.42 Å². The van der Waals surface area contributed by atoms with Crippen LogP contribution in [0, 0.1) is 0 Å². The van der Waals surface area contributed by atoms with Crippen LogP contribution in [0.25, 0.3) is 11.3 Å². The van der Waals surface area contributed by atoms with Gasteiger partial charge in [-0.1, -0.05) is 23.7 Å². The van der Waals surface area contributed by atoms with Gasteiger partial charge in [-0.15, -0.1) is 0 Å².